The lowest BCUT2D eigenvalue weighted by atomic mass is 9.94. The third-order valence-electron chi connectivity index (χ3n) is 14.3. The smallest absolute Gasteiger partial charge is 0.319 e. The quantitative estimate of drug-likeness (QED) is 0.0265. The van der Waals surface area contributed by atoms with E-state index in [-0.39, 0.29) is 69.8 Å². The molecule has 3 aromatic carbocycles. The van der Waals surface area contributed by atoms with Gasteiger partial charge in [-0.3, -0.25) is 19.5 Å². The van der Waals surface area contributed by atoms with Crippen molar-refractivity contribution in [1.29, 1.82) is 0 Å². The number of carbonyl (C=O) groups is 2. The van der Waals surface area contributed by atoms with Crippen molar-refractivity contribution in [2.24, 2.45) is 5.92 Å². The Morgan fingerprint density at radius 1 is 1.04 bits per heavy atom. The van der Waals surface area contributed by atoms with Crippen molar-refractivity contribution in [3.05, 3.63) is 89.1 Å². The van der Waals surface area contributed by atoms with E-state index in [2.05, 4.69) is 43.2 Å². The number of carbonyl (C=O) groups excluding carboxylic acids is 2. The molecule has 4 aliphatic rings. The summed E-state index contributed by atoms with van der Waals surface area (Å²) in [4.78, 5) is 41.5. The molecule has 13 nitrogen and oxygen atoms in total. The van der Waals surface area contributed by atoms with Gasteiger partial charge in [0.1, 0.15) is 35.2 Å². The number of halogens is 2. The van der Waals surface area contributed by atoms with E-state index in [4.69, 9.17) is 25.9 Å². The van der Waals surface area contributed by atoms with Gasteiger partial charge in [0.2, 0.25) is 0 Å². The molecule has 15 heteroatoms. The summed E-state index contributed by atoms with van der Waals surface area (Å²) in [5.41, 5.74) is 2.35. The Kier molecular flexibility index (Phi) is 13.8. The van der Waals surface area contributed by atoms with Gasteiger partial charge in [-0.05, 0) is 119 Å². The van der Waals surface area contributed by atoms with Crippen molar-refractivity contribution in [2.75, 3.05) is 69.8 Å². The predicted molar refractivity (Wildman–Crippen MR) is 256 cm³/mol. The fraction of sp³-hybridized carbons (Fsp3) is 0.442. The summed E-state index contributed by atoms with van der Waals surface area (Å²) < 4.78 is 45.3. The van der Waals surface area contributed by atoms with E-state index < -0.39 is 11.6 Å². The molecule has 5 aromatic rings. The monoisotopic (exact) mass is 912 g/mol. The Hall–Kier alpha value is -6.05. The summed E-state index contributed by atoms with van der Waals surface area (Å²) in [6.45, 7) is 9.67. The van der Waals surface area contributed by atoms with E-state index in [9.17, 15) is 14.7 Å². The van der Waals surface area contributed by atoms with Crippen molar-refractivity contribution in [3.63, 3.8) is 0 Å². The summed E-state index contributed by atoms with van der Waals surface area (Å²) in [6, 6.07) is 11.5. The zero-order valence-corrected chi connectivity index (χ0v) is 38.0. The van der Waals surface area contributed by atoms with Crippen LogP contribution in [0.15, 0.2) is 60.8 Å². The first-order valence-corrected chi connectivity index (χ1v) is 23.5. The number of ether oxygens (including phenoxy) is 2. The van der Waals surface area contributed by atoms with Gasteiger partial charge in [-0.15, -0.1) is 6.42 Å². The maximum Gasteiger partial charge on any atom is 0.319 e. The van der Waals surface area contributed by atoms with Crippen molar-refractivity contribution >= 4 is 45.8 Å². The number of benzene rings is 3. The van der Waals surface area contributed by atoms with Crippen LogP contribution in [0.25, 0.3) is 32.9 Å². The van der Waals surface area contributed by atoms with Gasteiger partial charge in [-0.2, -0.15) is 9.97 Å². The number of phenolic OH excluding ortho intramolecular Hbond substituents is 1. The van der Waals surface area contributed by atoms with Gasteiger partial charge < -0.3 is 35.4 Å². The zero-order valence-electron chi connectivity index (χ0n) is 38.0. The standard InChI is InChI=1S/C52H58F2N8O5/c1-4-42-45(53)12-8-34-21-41(65)22-43(46(34)42)48-47(54)49-44(24-57-48)50(61-26-38-10-11-39(27-61)58-38)60-51(59-49)67-31-52-16-13-40(62(52)25-32(2)23-52)30-66-19-15-33(14-18-55-3)6-5-17-56-37-9-7-35(28-63)36(20-37)29-64/h1,7-9,12,20-22,24,28-29,33,38-40,55-56,58,65H,2,5-6,10-11,13-19,23,25-27,30-31H2,3H3. The number of piperazine rings is 1. The lowest BCUT2D eigenvalue weighted by Gasteiger charge is -2.35. The van der Waals surface area contributed by atoms with Crippen LogP contribution in [0.4, 0.5) is 20.3 Å². The van der Waals surface area contributed by atoms with Gasteiger partial charge in [0.15, 0.2) is 18.4 Å². The summed E-state index contributed by atoms with van der Waals surface area (Å²) in [5.74, 6) is 1.89. The largest absolute Gasteiger partial charge is 0.508 e. The number of pyridine rings is 1. The minimum absolute atomic E-state index is 0.0109. The van der Waals surface area contributed by atoms with Crippen LogP contribution in [-0.2, 0) is 4.74 Å². The minimum Gasteiger partial charge on any atom is -0.508 e. The Balaban J connectivity index is 0.896. The average Bonchev–Trinajstić information content (AvgIpc) is 3.97. The highest BCUT2D eigenvalue weighted by Gasteiger charge is 2.51. The lowest BCUT2D eigenvalue weighted by Crippen LogP contribution is -2.51. The molecule has 5 unspecified atom stereocenters. The van der Waals surface area contributed by atoms with Crippen LogP contribution in [0.3, 0.4) is 0 Å². The number of aromatic nitrogens is 3. The number of anilines is 2. The van der Waals surface area contributed by atoms with E-state index in [1.165, 1.54) is 24.3 Å². The molecular weight excluding hydrogens is 855 g/mol. The van der Waals surface area contributed by atoms with Gasteiger partial charge in [0, 0.05) is 84.9 Å². The molecule has 0 aliphatic carbocycles. The van der Waals surface area contributed by atoms with Crippen LogP contribution in [0.1, 0.15) is 84.1 Å². The van der Waals surface area contributed by atoms with Crippen LogP contribution in [-0.4, -0.2) is 121 Å². The summed E-state index contributed by atoms with van der Waals surface area (Å²) in [7, 11) is 1.97. The first kappa shape index (κ1) is 46.1. The number of phenols is 1. The van der Waals surface area contributed by atoms with E-state index >= 15 is 8.78 Å². The maximum absolute atomic E-state index is 17.2. The molecule has 5 atom stereocenters. The molecule has 4 N–H and O–H groups in total. The second-order valence-electron chi connectivity index (χ2n) is 18.7. The molecule has 67 heavy (non-hydrogen) atoms. The first-order valence-electron chi connectivity index (χ1n) is 23.5. The van der Waals surface area contributed by atoms with E-state index in [0.29, 0.717) is 72.5 Å². The highest BCUT2D eigenvalue weighted by Crippen LogP contribution is 2.45. The average molecular weight is 913 g/mol. The third-order valence-corrected chi connectivity index (χ3v) is 14.3. The molecule has 6 heterocycles. The highest BCUT2D eigenvalue weighted by atomic mass is 19.1. The molecule has 350 valence electrons. The fourth-order valence-electron chi connectivity index (χ4n) is 11.0. The number of aldehydes is 2. The van der Waals surface area contributed by atoms with E-state index in [1.807, 2.05) is 13.1 Å². The van der Waals surface area contributed by atoms with Gasteiger partial charge in [-0.1, -0.05) is 24.1 Å². The summed E-state index contributed by atoms with van der Waals surface area (Å²) in [5, 5.41) is 22.2. The maximum atomic E-state index is 17.2. The Morgan fingerprint density at radius 3 is 2.64 bits per heavy atom. The van der Waals surface area contributed by atoms with Crippen molar-refractivity contribution < 1.29 is 33.0 Å². The van der Waals surface area contributed by atoms with Gasteiger partial charge in [0.05, 0.1) is 23.1 Å². The topological polar surface area (TPSA) is 154 Å². The van der Waals surface area contributed by atoms with Gasteiger partial charge in [0.25, 0.3) is 0 Å². The van der Waals surface area contributed by atoms with Crippen molar-refractivity contribution in [1.82, 2.24) is 30.5 Å². The number of nitrogens with one attached hydrogen (secondary N) is 3. The Bertz CT molecular complexity index is 2720. The molecule has 0 radical (unpaired) electrons. The number of terminal acetylenes is 1. The summed E-state index contributed by atoms with van der Waals surface area (Å²) in [6.07, 6.45) is 17.3. The molecule has 0 saturated carbocycles. The van der Waals surface area contributed by atoms with Crippen LogP contribution in [0.5, 0.6) is 11.8 Å². The summed E-state index contributed by atoms with van der Waals surface area (Å²) >= 11 is 0. The number of aromatic hydroxyl groups is 1. The number of hydrogen-bond donors (Lipinski definition) is 4. The number of nitrogens with zero attached hydrogens (tertiary/aromatic N) is 5. The third kappa shape index (κ3) is 9.58. The Morgan fingerprint density at radius 2 is 1.87 bits per heavy atom. The second kappa shape index (κ2) is 20.0. The van der Waals surface area contributed by atoms with Crippen molar-refractivity contribution in [2.45, 2.75) is 81.5 Å². The van der Waals surface area contributed by atoms with Crippen LogP contribution >= 0.6 is 0 Å². The molecule has 9 rings (SSSR count). The number of fused-ring (bicyclic) bond motifs is 5. The SMILES string of the molecule is C#Cc1c(F)ccc2cc(O)cc(-c3ncc4c(N5CC6CCC(C5)N6)nc(OCC56CCC(COCCC(CCCNc7ccc(C=O)c(C=O)c7)CCNC)N5CC(=C)C6)nc4c3F)c12. The molecule has 2 bridgehead atoms. The highest BCUT2D eigenvalue weighted by molar-refractivity contribution is 6.03. The number of rotatable bonds is 20. The molecular formula is C52H58F2N8O5. The van der Waals surface area contributed by atoms with Crippen molar-refractivity contribution in [3.8, 4) is 35.4 Å². The predicted octanol–water partition coefficient (Wildman–Crippen LogP) is 7.44. The number of hydrogen-bond acceptors (Lipinski definition) is 13. The van der Waals surface area contributed by atoms with E-state index in [1.54, 1.807) is 18.3 Å². The lowest BCUT2D eigenvalue weighted by molar-refractivity contribution is 0.0324. The van der Waals surface area contributed by atoms with Crippen LogP contribution in [0.2, 0.25) is 0 Å². The normalized spacial score (nSPS) is 21.7. The molecule has 4 saturated heterocycles. The van der Waals surface area contributed by atoms with Crippen LogP contribution < -0.4 is 25.6 Å². The molecule has 0 spiro atoms. The molecule has 0 amide bonds. The molecule has 4 aliphatic heterocycles. The van der Waals surface area contributed by atoms with E-state index in [0.717, 1.165) is 88.7 Å². The zero-order chi connectivity index (χ0) is 46.7. The fourth-order valence-corrected chi connectivity index (χ4v) is 11.0. The second-order valence-corrected chi connectivity index (χ2v) is 18.7. The Labute approximate surface area is 389 Å². The minimum atomic E-state index is -0.753. The van der Waals surface area contributed by atoms with Crippen LogP contribution in [0, 0.1) is 29.9 Å². The van der Waals surface area contributed by atoms with Gasteiger partial charge >= 0.3 is 6.01 Å². The molecule has 4 fully saturated rings. The van der Waals surface area contributed by atoms with Gasteiger partial charge in [-0.25, -0.2) is 8.78 Å². The molecule has 2 aromatic heterocycles. The first-order chi connectivity index (χ1) is 32.6.